The topological polar surface area (TPSA) is 52.0 Å². The zero-order valence-corrected chi connectivity index (χ0v) is 3.98. The van der Waals surface area contributed by atoms with Gasteiger partial charge < -0.3 is 0 Å². The molecule has 1 aliphatic carbocycles. The van der Waals surface area contributed by atoms with Crippen molar-refractivity contribution in [1.82, 2.24) is 0 Å². The highest BCUT2D eigenvalue weighted by Crippen LogP contribution is 2.15. The summed E-state index contributed by atoms with van der Waals surface area (Å²) in [6, 6.07) is 0. The highest BCUT2D eigenvalue weighted by atomic mass is 15.0. The van der Waals surface area contributed by atoms with Crippen molar-refractivity contribution in [2.24, 2.45) is 11.7 Å². The van der Waals surface area contributed by atoms with Gasteiger partial charge in [0.05, 0.1) is 0 Å². The van der Waals surface area contributed by atoms with Crippen LogP contribution in [-0.4, -0.2) is 0 Å². The summed E-state index contributed by atoms with van der Waals surface area (Å²) in [6.07, 6.45) is 6.00. The largest absolute Gasteiger partial charge is 0.274 e. The maximum absolute atomic E-state index is 4.00. The lowest BCUT2D eigenvalue weighted by molar-refractivity contribution is 0.504. The average Bonchev–Trinajstić information content (AvgIpc) is 1.36. The SMILES string of the molecule is C1CCC1.NN. The van der Waals surface area contributed by atoms with Crippen molar-refractivity contribution in [3.63, 3.8) is 0 Å². The molecule has 38 valence electrons. The van der Waals surface area contributed by atoms with Crippen LogP contribution in [0, 0.1) is 0 Å². The number of hydrogen-bond donors (Lipinski definition) is 2. The minimum absolute atomic E-state index is 1.50. The van der Waals surface area contributed by atoms with Crippen LogP contribution in [0.3, 0.4) is 0 Å². The fourth-order valence-electron chi connectivity index (χ4n) is 0.250. The van der Waals surface area contributed by atoms with Crippen LogP contribution in [-0.2, 0) is 0 Å². The molecule has 1 fully saturated rings. The first kappa shape index (κ1) is 5.92. The molecule has 0 bridgehead atoms. The van der Waals surface area contributed by atoms with E-state index in [-0.39, 0.29) is 0 Å². The van der Waals surface area contributed by atoms with E-state index in [0.29, 0.717) is 0 Å². The van der Waals surface area contributed by atoms with E-state index in [1.54, 1.807) is 0 Å². The van der Waals surface area contributed by atoms with Crippen molar-refractivity contribution in [3.05, 3.63) is 0 Å². The van der Waals surface area contributed by atoms with Crippen molar-refractivity contribution in [2.75, 3.05) is 0 Å². The molecule has 1 rings (SSSR count). The summed E-state index contributed by atoms with van der Waals surface area (Å²) in [4.78, 5) is 0. The Kier molecular flexibility index (Phi) is 4.85. The van der Waals surface area contributed by atoms with Gasteiger partial charge in [0.1, 0.15) is 0 Å². The third-order valence-corrected chi connectivity index (χ3v) is 1.000. The maximum Gasteiger partial charge on any atom is -0.0533 e. The third-order valence-electron chi connectivity index (χ3n) is 1.000. The van der Waals surface area contributed by atoms with E-state index in [0.717, 1.165) is 0 Å². The van der Waals surface area contributed by atoms with Crippen LogP contribution in [0.4, 0.5) is 0 Å². The normalized spacial score (nSPS) is 17.0. The zero-order chi connectivity index (χ0) is 4.83. The Morgan fingerprint density at radius 1 is 0.667 bits per heavy atom. The zero-order valence-electron chi connectivity index (χ0n) is 3.98. The van der Waals surface area contributed by atoms with E-state index < -0.39 is 0 Å². The minimum atomic E-state index is 1.50. The molecule has 0 saturated heterocycles. The molecule has 1 saturated carbocycles. The van der Waals surface area contributed by atoms with E-state index in [2.05, 4.69) is 11.7 Å². The van der Waals surface area contributed by atoms with Crippen LogP contribution in [0.15, 0.2) is 0 Å². The van der Waals surface area contributed by atoms with Gasteiger partial charge in [-0.25, -0.2) is 0 Å². The van der Waals surface area contributed by atoms with Gasteiger partial charge in [-0.15, -0.1) is 0 Å². The molecule has 2 nitrogen and oxygen atoms in total. The second kappa shape index (κ2) is 4.92. The Labute approximate surface area is 38.5 Å². The molecular weight excluding hydrogens is 76.1 g/mol. The van der Waals surface area contributed by atoms with Gasteiger partial charge in [-0.05, 0) is 0 Å². The van der Waals surface area contributed by atoms with Crippen LogP contribution < -0.4 is 11.7 Å². The predicted molar refractivity (Wildman–Crippen MR) is 26.8 cm³/mol. The fourth-order valence-corrected chi connectivity index (χ4v) is 0.250. The Morgan fingerprint density at radius 3 is 0.833 bits per heavy atom. The molecule has 0 amide bonds. The number of hydrazine groups is 1. The molecule has 0 unspecified atom stereocenters. The highest BCUT2D eigenvalue weighted by molar-refractivity contribution is 4.50. The lowest BCUT2D eigenvalue weighted by atomic mass is 10.0. The monoisotopic (exact) mass is 88.1 g/mol. The van der Waals surface area contributed by atoms with Gasteiger partial charge in [-0.1, -0.05) is 25.7 Å². The molecule has 1 aliphatic rings. The summed E-state index contributed by atoms with van der Waals surface area (Å²) in [5.41, 5.74) is 0. The Hall–Kier alpha value is -0.0800. The minimum Gasteiger partial charge on any atom is -0.274 e. The first-order chi connectivity index (χ1) is 3.00. The standard InChI is InChI=1S/C4H8.H4N2/c1-2-4-3-1;1-2/h1-4H2;1-2H2. The maximum atomic E-state index is 4.00. The van der Waals surface area contributed by atoms with Crippen LogP contribution in [0.5, 0.6) is 0 Å². The fraction of sp³-hybridized carbons (Fsp3) is 1.00. The van der Waals surface area contributed by atoms with E-state index in [1.807, 2.05) is 0 Å². The molecular formula is C4H12N2. The van der Waals surface area contributed by atoms with Gasteiger partial charge in [0.2, 0.25) is 0 Å². The van der Waals surface area contributed by atoms with Gasteiger partial charge in [0.25, 0.3) is 0 Å². The molecule has 0 spiro atoms. The Morgan fingerprint density at radius 2 is 0.833 bits per heavy atom. The van der Waals surface area contributed by atoms with Gasteiger partial charge >= 0.3 is 0 Å². The van der Waals surface area contributed by atoms with Crippen LogP contribution in [0.25, 0.3) is 0 Å². The number of rotatable bonds is 0. The second-order valence-electron chi connectivity index (χ2n) is 1.41. The number of nitrogens with two attached hydrogens (primary N) is 2. The van der Waals surface area contributed by atoms with Gasteiger partial charge in [-0.3, -0.25) is 11.7 Å². The van der Waals surface area contributed by atoms with Crippen LogP contribution >= 0.6 is 0 Å². The van der Waals surface area contributed by atoms with E-state index in [1.165, 1.54) is 25.7 Å². The van der Waals surface area contributed by atoms with Crippen molar-refractivity contribution in [1.29, 1.82) is 0 Å². The van der Waals surface area contributed by atoms with Crippen molar-refractivity contribution in [3.8, 4) is 0 Å². The third kappa shape index (κ3) is 2.18. The molecule has 0 aromatic heterocycles. The lowest BCUT2D eigenvalue weighted by Gasteiger charge is -2.05. The second-order valence-corrected chi connectivity index (χ2v) is 1.41. The molecule has 0 radical (unpaired) electrons. The molecule has 4 N–H and O–H groups in total. The van der Waals surface area contributed by atoms with Crippen LogP contribution in [0.2, 0.25) is 0 Å². The summed E-state index contributed by atoms with van der Waals surface area (Å²) in [7, 11) is 0. The summed E-state index contributed by atoms with van der Waals surface area (Å²) in [5, 5.41) is 0. The van der Waals surface area contributed by atoms with Crippen molar-refractivity contribution in [2.45, 2.75) is 25.7 Å². The summed E-state index contributed by atoms with van der Waals surface area (Å²) in [5.74, 6) is 8.00. The average molecular weight is 88.2 g/mol. The van der Waals surface area contributed by atoms with Gasteiger partial charge in [-0.2, -0.15) is 0 Å². The van der Waals surface area contributed by atoms with Gasteiger partial charge in [0, 0.05) is 0 Å². The van der Waals surface area contributed by atoms with Gasteiger partial charge in [0.15, 0.2) is 0 Å². The summed E-state index contributed by atoms with van der Waals surface area (Å²) >= 11 is 0. The highest BCUT2D eigenvalue weighted by Gasteiger charge is 1.95. The Balaban J connectivity index is 0.000000112. The van der Waals surface area contributed by atoms with E-state index >= 15 is 0 Å². The quantitative estimate of drug-likeness (QED) is 0.332. The van der Waals surface area contributed by atoms with E-state index in [4.69, 9.17) is 0 Å². The molecule has 0 aromatic rings. The summed E-state index contributed by atoms with van der Waals surface area (Å²) < 4.78 is 0. The molecule has 2 heteroatoms. The first-order valence-corrected chi connectivity index (χ1v) is 2.33. The lowest BCUT2D eigenvalue weighted by Crippen LogP contribution is -2.02. The molecule has 0 aromatic carbocycles. The van der Waals surface area contributed by atoms with Crippen molar-refractivity contribution >= 4 is 0 Å². The van der Waals surface area contributed by atoms with Crippen LogP contribution in [0.1, 0.15) is 25.7 Å². The first-order valence-electron chi connectivity index (χ1n) is 2.33. The Bertz CT molecular complexity index is 13.5. The number of hydrogen-bond acceptors (Lipinski definition) is 2. The molecule has 6 heavy (non-hydrogen) atoms. The van der Waals surface area contributed by atoms with E-state index in [9.17, 15) is 0 Å². The molecule has 0 aliphatic heterocycles. The predicted octanol–water partition coefficient (Wildman–Crippen LogP) is 0.379. The van der Waals surface area contributed by atoms with Crippen molar-refractivity contribution < 1.29 is 0 Å². The summed E-state index contributed by atoms with van der Waals surface area (Å²) in [6.45, 7) is 0. The smallest absolute Gasteiger partial charge is 0.0533 e. The molecule has 0 atom stereocenters. The molecule has 0 heterocycles.